The van der Waals surface area contributed by atoms with Crippen LogP contribution in [0.4, 0.5) is 4.79 Å². The number of nitrogens with one attached hydrogen (secondary N) is 3. The van der Waals surface area contributed by atoms with Crippen LogP contribution in [0.3, 0.4) is 0 Å². The second kappa shape index (κ2) is 14.0. The highest BCUT2D eigenvalue weighted by Crippen LogP contribution is 2.25. The van der Waals surface area contributed by atoms with Crippen LogP contribution in [0.2, 0.25) is 0 Å². The number of nitrogens with zero attached hydrogens (tertiary/aromatic N) is 1. The molecule has 0 aromatic carbocycles. The van der Waals surface area contributed by atoms with Crippen molar-refractivity contribution in [2.45, 2.75) is 97.6 Å². The van der Waals surface area contributed by atoms with Gasteiger partial charge in [0.1, 0.15) is 17.7 Å². The normalized spacial score (nSPS) is 20.3. The number of carbonyl (C=O) groups excluding carboxylic acids is 4. The zero-order valence-electron chi connectivity index (χ0n) is 23.4. The summed E-state index contributed by atoms with van der Waals surface area (Å²) in [5.74, 6) is -1.56. The molecular formula is C25H42N4O8. The van der Waals surface area contributed by atoms with Gasteiger partial charge in [0.2, 0.25) is 11.9 Å². The monoisotopic (exact) mass is 526 g/mol. The Bertz CT molecular complexity index is 886. The van der Waals surface area contributed by atoms with Crippen LogP contribution in [0.5, 0.6) is 0 Å². The van der Waals surface area contributed by atoms with Gasteiger partial charge in [-0.05, 0) is 54.0 Å². The van der Waals surface area contributed by atoms with Crippen LogP contribution in [0, 0.1) is 0 Å². The number of carbonyl (C=O) groups is 4. The van der Waals surface area contributed by atoms with E-state index in [1.807, 2.05) is 6.92 Å². The molecule has 0 saturated carbocycles. The number of methoxy groups -OCH3 is 1. The molecule has 0 saturated heterocycles. The highest BCUT2D eigenvalue weighted by atomic mass is 16.6. The number of hydrogen-bond acceptors (Lipinski definition) is 9. The Morgan fingerprint density at radius 3 is 2.19 bits per heavy atom. The fourth-order valence-electron chi connectivity index (χ4n) is 3.39. The molecule has 1 aliphatic rings. The molecule has 210 valence electrons. The number of rotatable bonds is 8. The summed E-state index contributed by atoms with van der Waals surface area (Å²) in [5.41, 5.74) is -1.19. The highest BCUT2D eigenvalue weighted by molar-refractivity contribution is 5.96. The molecule has 0 aliphatic heterocycles. The van der Waals surface area contributed by atoms with Gasteiger partial charge in [-0.2, -0.15) is 0 Å². The first-order valence-corrected chi connectivity index (χ1v) is 12.3. The lowest BCUT2D eigenvalue weighted by Crippen LogP contribution is -2.54. The molecule has 3 atom stereocenters. The molecule has 3 N–H and O–H groups in total. The second-order valence-corrected chi connectivity index (χ2v) is 10.6. The van der Waals surface area contributed by atoms with Crippen molar-refractivity contribution in [3.8, 4) is 0 Å². The number of amides is 2. The average Bonchev–Trinajstić information content (AvgIpc) is 2.74. The zero-order valence-corrected chi connectivity index (χ0v) is 23.4. The Morgan fingerprint density at radius 2 is 1.68 bits per heavy atom. The van der Waals surface area contributed by atoms with Crippen LogP contribution in [-0.2, 0) is 33.3 Å². The van der Waals surface area contributed by atoms with Gasteiger partial charge in [-0.3, -0.25) is 14.9 Å². The second-order valence-electron chi connectivity index (χ2n) is 10.6. The standard InChI is InChI=1S/C25H42N4O8/c1-10-11-35-18-13-16(21(32)34-9)12-17(20(18)27-15(2)30)28-22(29-23(33)37-25(6,7)8)26-14-19(31)36-24(3,4)5/h13,17-18,20H,10-12,14H2,1-9H3,(H,27,30)(H2,26,28,29,33)/t17-,18+,20+/m0/s1. The Morgan fingerprint density at radius 1 is 1.05 bits per heavy atom. The van der Waals surface area contributed by atoms with E-state index < -0.39 is 47.4 Å². The Labute approximate surface area is 218 Å². The predicted octanol–water partition coefficient (Wildman–Crippen LogP) is 1.97. The Hall–Kier alpha value is -3.15. The van der Waals surface area contributed by atoms with Crippen LogP contribution < -0.4 is 16.0 Å². The minimum absolute atomic E-state index is 0.0806. The van der Waals surface area contributed by atoms with Gasteiger partial charge >= 0.3 is 18.0 Å². The predicted molar refractivity (Wildman–Crippen MR) is 137 cm³/mol. The summed E-state index contributed by atoms with van der Waals surface area (Å²) in [5, 5.41) is 8.11. The van der Waals surface area contributed by atoms with Crippen molar-refractivity contribution in [3.05, 3.63) is 11.6 Å². The highest BCUT2D eigenvalue weighted by Gasteiger charge is 2.37. The van der Waals surface area contributed by atoms with Crippen molar-refractivity contribution in [1.29, 1.82) is 0 Å². The van der Waals surface area contributed by atoms with Crippen LogP contribution in [0.15, 0.2) is 16.6 Å². The number of alkyl carbamates (subject to hydrolysis) is 1. The van der Waals surface area contributed by atoms with Crippen molar-refractivity contribution < 1.29 is 38.1 Å². The van der Waals surface area contributed by atoms with Crippen molar-refractivity contribution >= 4 is 29.9 Å². The number of esters is 2. The molecule has 0 heterocycles. The SMILES string of the molecule is CCCO[C@@H]1C=C(C(=O)OC)C[C@H](N=C(NCC(=O)OC(C)(C)C)NC(=O)OC(C)(C)C)[C@H]1NC(C)=O. The fraction of sp³-hybridized carbons (Fsp3) is 0.720. The van der Waals surface area contributed by atoms with Crippen molar-refractivity contribution in [2.75, 3.05) is 20.3 Å². The molecule has 0 spiro atoms. The van der Waals surface area contributed by atoms with E-state index in [0.717, 1.165) is 0 Å². The largest absolute Gasteiger partial charge is 0.466 e. The molecule has 1 rings (SSSR count). The minimum atomic E-state index is -0.808. The quantitative estimate of drug-likeness (QED) is 0.186. The summed E-state index contributed by atoms with van der Waals surface area (Å²) in [6, 6.07) is -1.43. The number of ether oxygens (including phenoxy) is 4. The molecule has 2 amide bonds. The molecule has 0 unspecified atom stereocenters. The molecule has 0 aromatic rings. The van der Waals surface area contributed by atoms with Crippen molar-refractivity contribution in [1.82, 2.24) is 16.0 Å². The summed E-state index contributed by atoms with van der Waals surface area (Å²) < 4.78 is 21.4. The van der Waals surface area contributed by atoms with E-state index in [1.165, 1.54) is 14.0 Å². The molecule has 12 nitrogen and oxygen atoms in total. The molecule has 1 aliphatic carbocycles. The zero-order chi connectivity index (χ0) is 28.4. The lowest BCUT2D eigenvalue weighted by Gasteiger charge is -2.35. The van der Waals surface area contributed by atoms with E-state index in [4.69, 9.17) is 18.9 Å². The third-order valence-electron chi connectivity index (χ3n) is 4.63. The van der Waals surface area contributed by atoms with Crippen LogP contribution in [0.1, 0.15) is 68.2 Å². The van der Waals surface area contributed by atoms with Gasteiger partial charge in [-0.1, -0.05) is 6.92 Å². The first kappa shape index (κ1) is 31.9. The van der Waals surface area contributed by atoms with E-state index >= 15 is 0 Å². The molecule has 0 radical (unpaired) electrons. The maximum atomic E-state index is 12.5. The minimum Gasteiger partial charge on any atom is -0.466 e. The fourth-order valence-corrected chi connectivity index (χ4v) is 3.39. The topological polar surface area (TPSA) is 154 Å². The van der Waals surface area contributed by atoms with Gasteiger partial charge in [0, 0.05) is 25.5 Å². The molecular weight excluding hydrogens is 484 g/mol. The van der Waals surface area contributed by atoms with Crippen LogP contribution in [-0.4, -0.2) is 79.5 Å². The summed E-state index contributed by atoms with van der Waals surface area (Å²) in [6.45, 7) is 13.7. The van der Waals surface area contributed by atoms with E-state index in [1.54, 1.807) is 47.6 Å². The molecule has 12 heteroatoms. The van der Waals surface area contributed by atoms with Crippen LogP contribution >= 0.6 is 0 Å². The lowest BCUT2D eigenvalue weighted by molar-refractivity contribution is -0.153. The van der Waals surface area contributed by atoms with Crippen molar-refractivity contribution in [2.24, 2.45) is 4.99 Å². The summed E-state index contributed by atoms with van der Waals surface area (Å²) in [4.78, 5) is 53.8. The molecule has 37 heavy (non-hydrogen) atoms. The van der Waals surface area contributed by atoms with E-state index in [2.05, 4.69) is 20.9 Å². The van der Waals surface area contributed by atoms with E-state index in [-0.39, 0.29) is 24.8 Å². The Balaban J connectivity index is 3.38. The van der Waals surface area contributed by atoms with Gasteiger partial charge in [-0.25, -0.2) is 14.6 Å². The number of hydrogen-bond donors (Lipinski definition) is 3. The first-order chi connectivity index (χ1) is 17.0. The van der Waals surface area contributed by atoms with Gasteiger partial charge < -0.3 is 29.6 Å². The Kier molecular flexibility index (Phi) is 12.0. The lowest BCUT2D eigenvalue weighted by atomic mass is 9.88. The summed E-state index contributed by atoms with van der Waals surface area (Å²) in [6.07, 6.45) is 0.911. The number of guanidine groups is 1. The maximum absolute atomic E-state index is 12.5. The van der Waals surface area contributed by atoms with Crippen molar-refractivity contribution in [3.63, 3.8) is 0 Å². The summed E-state index contributed by atoms with van der Waals surface area (Å²) >= 11 is 0. The van der Waals surface area contributed by atoms with Gasteiger partial charge in [0.15, 0.2) is 0 Å². The maximum Gasteiger partial charge on any atom is 0.414 e. The molecule has 0 fully saturated rings. The third-order valence-corrected chi connectivity index (χ3v) is 4.63. The van der Waals surface area contributed by atoms with Gasteiger partial charge in [0.25, 0.3) is 0 Å². The van der Waals surface area contributed by atoms with Crippen LogP contribution in [0.25, 0.3) is 0 Å². The summed E-state index contributed by atoms with van der Waals surface area (Å²) in [7, 11) is 1.27. The molecule has 0 aromatic heterocycles. The first-order valence-electron chi connectivity index (χ1n) is 12.3. The third kappa shape index (κ3) is 12.6. The van der Waals surface area contributed by atoms with E-state index in [0.29, 0.717) is 18.6 Å². The smallest absolute Gasteiger partial charge is 0.414 e. The molecule has 0 bridgehead atoms. The average molecular weight is 527 g/mol. The van der Waals surface area contributed by atoms with Gasteiger partial charge in [0.05, 0.1) is 25.3 Å². The van der Waals surface area contributed by atoms with Gasteiger partial charge in [-0.15, -0.1) is 0 Å². The number of aliphatic imine (C=N–C) groups is 1. The van der Waals surface area contributed by atoms with E-state index in [9.17, 15) is 19.2 Å².